The minimum atomic E-state index is -3.90. The maximum atomic E-state index is 12.0. The Morgan fingerprint density at radius 2 is 1.92 bits per heavy atom. The molecule has 0 fully saturated rings. The lowest BCUT2D eigenvalue weighted by Crippen LogP contribution is -2.33. The van der Waals surface area contributed by atoms with Crippen LogP contribution < -0.4 is 0 Å². The van der Waals surface area contributed by atoms with Gasteiger partial charge in [0.2, 0.25) is 6.17 Å². The Labute approximate surface area is 70.7 Å². The molecule has 0 aromatic heterocycles. The van der Waals surface area contributed by atoms with Gasteiger partial charge in [0.15, 0.2) is 0 Å². The fourth-order valence-corrected chi connectivity index (χ4v) is 0.308. The van der Waals surface area contributed by atoms with Crippen molar-refractivity contribution in [3.05, 3.63) is 0 Å². The zero-order valence-corrected chi connectivity index (χ0v) is 6.52. The van der Waals surface area contributed by atoms with E-state index in [-0.39, 0.29) is 6.92 Å². The molecule has 0 aliphatic rings. The quantitative estimate of drug-likeness (QED) is 0.390. The van der Waals surface area contributed by atoms with E-state index >= 15 is 0 Å². The summed E-state index contributed by atoms with van der Waals surface area (Å²) in [7, 11) is 0. The number of carbonyl (C=O) groups is 2. The van der Waals surface area contributed by atoms with Crippen molar-refractivity contribution in [3.8, 4) is 0 Å². The molecular formula is C6H6F4O3. The Bertz CT molecular complexity index is 210. The second kappa shape index (κ2) is 4.20. The highest BCUT2D eigenvalue weighted by Gasteiger charge is 2.37. The van der Waals surface area contributed by atoms with Crippen LogP contribution in [-0.2, 0) is 14.3 Å². The van der Waals surface area contributed by atoms with Gasteiger partial charge in [0, 0.05) is 6.92 Å². The highest BCUT2D eigenvalue weighted by molar-refractivity contribution is 5.90. The van der Waals surface area contributed by atoms with Gasteiger partial charge in [0.1, 0.15) is 6.67 Å². The summed E-state index contributed by atoms with van der Waals surface area (Å²) >= 11 is 0. The molecule has 0 aliphatic carbocycles. The van der Waals surface area contributed by atoms with Gasteiger partial charge in [-0.1, -0.05) is 0 Å². The summed E-state index contributed by atoms with van der Waals surface area (Å²) < 4.78 is 50.8. The van der Waals surface area contributed by atoms with E-state index in [4.69, 9.17) is 0 Å². The first-order chi connectivity index (χ1) is 5.79. The molecule has 7 heteroatoms. The van der Waals surface area contributed by atoms with Crippen LogP contribution in [0.25, 0.3) is 0 Å². The third-order valence-corrected chi connectivity index (χ3v) is 0.943. The highest BCUT2D eigenvalue weighted by atomic mass is 19.3. The average molecular weight is 202 g/mol. The average Bonchev–Trinajstić information content (AvgIpc) is 2.01. The second-order valence-corrected chi connectivity index (χ2v) is 2.22. The molecule has 0 bridgehead atoms. The van der Waals surface area contributed by atoms with Gasteiger partial charge in [-0.2, -0.15) is 8.78 Å². The lowest BCUT2D eigenvalue weighted by molar-refractivity contribution is -0.179. The molecule has 0 amide bonds. The van der Waals surface area contributed by atoms with E-state index in [0.29, 0.717) is 0 Å². The van der Waals surface area contributed by atoms with E-state index in [2.05, 4.69) is 4.74 Å². The van der Waals surface area contributed by atoms with Crippen LogP contribution in [0.3, 0.4) is 0 Å². The summed E-state index contributed by atoms with van der Waals surface area (Å²) in [5, 5.41) is 0. The van der Waals surface area contributed by atoms with Crippen LogP contribution in [0.1, 0.15) is 6.92 Å². The van der Waals surface area contributed by atoms with Gasteiger partial charge in [0.05, 0.1) is 0 Å². The predicted molar refractivity (Wildman–Crippen MR) is 32.6 cm³/mol. The maximum absolute atomic E-state index is 12.0. The lowest BCUT2D eigenvalue weighted by atomic mass is 10.4. The molecule has 0 aliphatic heterocycles. The molecule has 0 aromatic rings. The number of rotatable bonds is 3. The van der Waals surface area contributed by atoms with Gasteiger partial charge in [-0.05, 0) is 0 Å². The number of esters is 2. The van der Waals surface area contributed by atoms with Crippen LogP contribution in [0.4, 0.5) is 17.6 Å². The molecule has 0 N–H and O–H groups in total. The molecule has 0 radical (unpaired) electrons. The summed E-state index contributed by atoms with van der Waals surface area (Å²) in [6.07, 6.45) is -2.70. The zero-order chi connectivity index (χ0) is 10.6. The Morgan fingerprint density at radius 3 is 2.23 bits per heavy atom. The number of alkyl halides is 4. The van der Waals surface area contributed by atoms with Gasteiger partial charge in [0.25, 0.3) is 0 Å². The van der Waals surface area contributed by atoms with Gasteiger partial charge in [-0.3, -0.25) is 0 Å². The maximum Gasteiger partial charge on any atom is 0.384 e. The van der Waals surface area contributed by atoms with E-state index in [1.165, 1.54) is 0 Å². The van der Waals surface area contributed by atoms with Gasteiger partial charge in [-0.15, -0.1) is 0 Å². The first-order valence-corrected chi connectivity index (χ1v) is 3.13. The monoisotopic (exact) mass is 202 g/mol. The summed E-state index contributed by atoms with van der Waals surface area (Å²) in [6, 6.07) is 0. The number of halogens is 4. The fraction of sp³-hybridized carbons (Fsp3) is 0.667. The van der Waals surface area contributed by atoms with Crippen LogP contribution in [0.2, 0.25) is 0 Å². The van der Waals surface area contributed by atoms with Crippen molar-refractivity contribution >= 4 is 11.9 Å². The second-order valence-electron chi connectivity index (χ2n) is 2.22. The van der Waals surface area contributed by atoms with Crippen LogP contribution in [0.15, 0.2) is 0 Å². The number of hydrogen-bond donors (Lipinski definition) is 0. The van der Waals surface area contributed by atoms with Gasteiger partial charge >= 0.3 is 17.9 Å². The molecule has 1 atom stereocenters. The Hall–Kier alpha value is -1.14. The van der Waals surface area contributed by atoms with Crippen molar-refractivity contribution in [1.82, 2.24) is 0 Å². The van der Waals surface area contributed by atoms with E-state index in [1.54, 1.807) is 0 Å². The van der Waals surface area contributed by atoms with Crippen molar-refractivity contribution in [2.45, 2.75) is 19.0 Å². The largest absolute Gasteiger partial charge is 0.386 e. The minimum absolute atomic E-state index is 0.172. The zero-order valence-electron chi connectivity index (χ0n) is 6.52. The summed E-state index contributed by atoms with van der Waals surface area (Å²) in [5.74, 6) is -8.05. The Balaban J connectivity index is 4.16. The molecule has 0 spiro atoms. The van der Waals surface area contributed by atoms with Crippen molar-refractivity contribution in [1.29, 1.82) is 0 Å². The first-order valence-electron chi connectivity index (χ1n) is 3.13. The molecule has 76 valence electrons. The Morgan fingerprint density at radius 1 is 1.46 bits per heavy atom. The third kappa shape index (κ3) is 3.86. The molecule has 3 nitrogen and oxygen atoms in total. The van der Waals surface area contributed by atoms with Crippen molar-refractivity contribution in [2.24, 2.45) is 0 Å². The molecule has 1 unspecified atom stereocenters. The van der Waals surface area contributed by atoms with Crippen LogP contribution in [0, 0.1) is 0 Å². The molecular weight excluding hydrogens is 196 g/mol. The molecule has 0 saturated heterocycles. The Kier molecular flexibility index (Phi) is 3.83. The van der Waals surface area contributed by atoms with E-state index in [1.807, 2.05) is 0 Å². The highest BCUT2D eigenvalue weighted by Crippen LogP contribution is 2.14. The summed E-state index contributed by atoms with van der Waals surface area (Å²) in [5.41, 5.74) is 0. The topological polar surface area (TPSA) is 43.4 Å². The summed E-state index contributed by atoms with van der Waals surface area (Å²) in [6.45, 7) is -1.55. The van der Waals surface area contributed by atoms with Crippen molar-refractivity contribution in [3.63, 3.8) is 0 Å². The van der Waals surface area contributed by atoms with E-state index < -0.39 is 30.7 Å². The van der Waals surface area contributed by atoms with Gasteiger partial charge in [-0.25, -0.2) is 18.4 Å². The minimum Gasteiger partial charge on any atom is -0.386 e. The third-order valence-electron chi connectivity index (χ3n) is 0.943. The van der Waals surface area contributed by atoms with Crippen LogP contribution in [-0.4, -0.2) is 30.7 Å². The van der Waals surface area contributed by atoms with E-state index in [0.717, 1.165) is 0 Å². The van der Waals surface area contributed by atoms with Crippen molar-refractivity contribution in [2.75, 3.05) is 6.67 Å². The SMILES string of the molecule is CC(F)(F)C(=O)OC(=O)C(F)CF. The normalized spacial score (nSPS) is 13.6. The molecule has 0 aromatic carbocycles. The standard InChI is InChI=1S/C6H6F4O3/c1-6(9,10)5(12)13-4(11)3(8)2-7/h3H,2H2,1H3. The predicted octanol–water partition coefficient (Wildman–Crippen LogP) is 1.02. The fourth-order valence-electron chi connectivity index (χ4n) is 0.308. The molecule has 0 rings (SSSR count). The molecule has 13 heavy (non-hydrogen) atoms. The lowest BCUT2D eigenvalue weighted by Gasteiger charge is -2.08. The molecule has 0 saturated carbocycles. The van der Waals surface area contributed by atoms with E-state index in [9.17, 15) is 27.2 Å². The summed E-state index contributed by atoms with van der Waals surface area (Å²) in [4.78, 5) is 20.5. The van der Waals surface area contributed by atoms with Crippen molar-refractivity contribution < 1.29 is 31.9 Å². The van der Waals surface area contributed by atoms with Crippen LogP contribution >= 0.6 is 0 Å². The molecule has 0 heterocycles. The smallest absolute Gasteiger partial charge is 0.384 e. The van der Waals surface area contributed by atoms with Gasteiger partial charge < -0.3 is 4.74 Å². The van der Waals surface area contributed by atoms with Crippen LogP contribution in [0.5, 0.6) is 0 Å². The number of hydrogen-bond acceptors (Lipinski definition) is 3. The number of carbonyl (C=O) groups excluding carboxylic acids is 2. The first kappa shape index (κ1) is 11.9. The number of ether oxygens (including phenoxy) is 1.